The lowest BCUT2D eigenvalue weighted by Crippen LogP contribution is -2.61. The lowest BCUT2D eigenvalue weighted by molar-refractivity contribution is -0.143. The first-order valence-electron chi connectivity index (χ1n) is 24.8. The van der Waals surface area contributed by atoms with Crippen molar-refractivity contribution in [1.29, 1.82) is 0 Å². The molecule has 10 amide bonds. The molecule has 0 fully saturated rings. The van der Waals surface area contributed by atoms with Gasteiger partial charge in [-0.3, -0.25) is 57.7 Å². The van der Waals surface area contributed by atoms with E-state index >= 15 is 0 Å². The monoisotopic (exact) mass is 1140 g/mol. The molecule has 79 heavy (non-hydrogen) atoms. The highest BCUT2D eigenvalue weighted by Crippen LogP contribution is 2.08. The van der Waals surface area contributed by atoms with Gasteiger partial charge in [-0.25, -0.2) is 9.78 Å². The van der Waals surface area contributed by atoms with E-state index in [1.165, 1.54) is 12.5 Å². The Morgan fingerprint density at radius 2 is 1.01 bits per heavy atom. The van der Waals surface area contributed by atoms with Crippen molar-refractivity contribution in [2.45, 2.75) is 138 Å². The predicted molar refractivity (Wildman–Crippen MR) is 281 cm³/mol. The summed E-state index contributed by atoms with van der Waals surface area (Å²) in [7, 11) is 0. The van der Waals surface area contributed by atoms with Crippen LogP contribution < -0.4 is 82.3 Å². The highest BCUT2D eigenvalue weighted by molar-refractivity contribution is 7.80. The molecule has 0 aliphatic rings. The van der Waals surface area contributed by atoms with Crippen molar-refractivity contribution in [2.75, 3.05) is 38.6 Å². The van der Waals surface area contributed by atoms with E-state index in [1.54, 1.807) is 0 Å². The number of aliphatic hydroxyl groups is 2. The van der Waals surface area contributed by atoms with Crippen LogP contribution in [0.2, 0.25) is 0 Å². The Labute approximate surface area is 458 Å². The van der Waals surface area contributed by atoms with Crippen LogP contribution in [0, 0.1) is 0 Å². The third kappa shape index (κ3) is 26.9. The molecule has 0 saturated heterocycles. The van der Waals surface area contributed by atoms with Gasteiger partial charge < -0.3 is 108 Å². The number of aromatic amines is 1. The molecule has 1 heterocycles. The largest absolute Gasteiger partial charge is 0.481 e. The van der Waals surface area contributed by atoms with Crippen LogP contribution in [0.4, 0.5) is 0 Å². The Balaban J connectivity index is 3.22. The summed E-state index contributed by atoms with van der Waals surface area (Å²) in [5.41, 5.74) is 33.0. The summed E-state index contributed by atoms with van der Waals surface area (Å²) in [6.07, 6.45) is 2.16. The zero-order valence-corrected chi connectivity index (χ0v) is 44.3. The molecule has 0 aliphatic heterocycles. The van der Waals surface area contributed by atoms with Gasteiger partial charge in [0.15, 0.2) is 5.96 Å². The van der Waals surface area contributed by atoms with Crippen molar-refractivity contribution in [3.63, 3.8) is 0 Å². The number of unbranched alkanes of at least 4 members (excludes halogenated alkanes) is 2. The molecule has 0 saturated carbocycles. The Bertz CT molecular complexity index is 2240. The van der Waals surface area contributed by atoms with Crippen LogP contribution in [0.3, 0.4) is 0 Å². The maximum Gasteiger partial charge on any atom is 0.326 e. The number of hydrogen-bond acceptors (Lipinski definition) is 20. The number of carbonyl (C=O) groups is 12. The normalized spacial score (nSPS) is 14.7. The maximum atomic E-state index is 13.9. The van der Waals surface area contributed by atoms with E-state index < -0.39 is 170 Å². The van der Waals surface area contributed by atoms with E-state index in [0.29, 0.717) is 25.8 Å². The lowest BCUT2D eigenvalue weighted by Gasteiger charge is -2.26. The average molecular weight is 1150 g/mol. The average Bonchev–Trinajstić information content (AvgIpc) is 3.91. The summed E-state index contributed by atoms with van der Waals surface area (Å²) in [6, 6.07) is -16.0. The van der Waals surface area contributed by atoms with Crippen LogP contribution in [0.15, 0.2) is 17.5 Å². The first-order valence-corrected chi connectivity index (χ1v) is 25.4. The molecule has 1 aromatic rings. The van der Waals surface area contributed by atoms with Gasteiger partial charge in [-0.1, -0.05) is 6.42 Å². The van der Waals surface area contributed by atoms with E-state index in [1.807, 2.05) is 0 Å². The van der Waals surface area contributed by atoms with Crippen LogP contribution in [-0.4, -0.2) is 206 Å². The van der Waals surface area contributed by atoms with Crippen LogP contribution in [0.5, 0.6) is 0 Å². The highest BCUT2D eigenvalue weighted by Gasteiger charge is 2.35. The van der Waals surface area contributed by atoms with Crippen LogP contribution in [0.25, 0.3) is 0 Å². The summed E-state index contributed by atoms with van der Waals surface area (Å²) < 4.78 is 0. The summed E-state index contributed by atoms with van der Waals surface area (Å²) in [5.74, 6) is -14.6. The van der Waals surface area contributed by atoms with Crippen LogP contribution >= 0.6 is 12.6 Å². The summed E-state index contributed by atoms with van der Waals surface area (Å²) >= 11 is 4.10. The number of H-pyrrole nitrogens is 1. The first-order chi connectivity index (χ1) is 37.3. The van der Waals surface area contributed by atoms with Crippen molar-refractivity contribution in [3.8, 4) is 0 Å². The zero-order chi connectivity index (χ0) is 59.8. The minimum absolute atomic E-state index is 0.0465. The summed E-state index contributed by atoms with van der Waals surface area (Å²) in [4.78, 5) is 166. The SMILES string of the molecule is C[C@H](NC(=O)[C@H](CC(=O)O)NC(=O)[C@H](Cc1cnc[nH]1)NC(=O)[C@H](CS)NC(=O)[C@H](CO)NC(=O)[C@H](CC(N)=O)NC(=O)[C@@H](N)CCCCN)C(=O)N[C@@H](CO)C(=O)N[C@@H](CCCCN)C(=O)N[C@@H](CCCN=C(N)N)C(=O)O. The molecule has 1 rings (SSSR count). The van der Waals surface area contributed by atoms with Crippen molar-refractivity contribution < 1.29 is 78.0 Å². The van der Waals surface area contributed by atoms with E-state index in [-0.39, 0.29) is 56.8 Å². The molecule has 34 nitrogen and oxygen atoms in total. The third-order valence-electron chi connectivity index (χ3n) is 11.3. The molecular formula is C44H76N18O16S. The van der Waals surface area contributed by atoms with Crippen LogP contribution in [0.1, 0.15) is 76.8 Å². The minimum Gasteiger partial charge on any atom is -0.481 e. The number of guanidine groups is 1. The predicted octanol–water partition coefficient (Wildman–Crippen LogP) is -9.68. The molecule has 444 valence electrons. The minimum atomic E-state index is -1.96. The highest BCUT2D eigenvalue weighted by atomic mass is 32.1. The number of aliphatic carboxylic acids is 2. The van der Waals surface area contributed by atoms with Crippen molar-refractivity contribution in [2.24, 2.45) is 39.4 Å². The molecule has 0 aliphatic carbocycles. The standard InChI is InChI=1S/C44H76N18O16S/c1-21(34(68)60-29(17-63)40(74)55-24(8-3-5-11-46)36(70)56-25(43(77)78)9-6-12-52-44(49)50)54-37(71)28(15-33(66)67)59-38(72)26(13-22-16-51-20-53-22)58-42(76)31(19-79)62-41(75)30(18-64)61-39(73)27(14-32(48)65)57-35(69)23(47)7-2-4-10-45/h16,20-21,23-31,63-64,79H,2-15,17-19,45-47H2,1H3,(H2,48,65)(H,51,53)(H,54,71)(H,55,74)(H,56,70)(H,57,69)(H,58,76)(H,59,72)(H,60,68)(H,61,73)(H,62,75)(H,66,67)(H,77,78)(H4,49,50,52)/t21-,23-,24-,25-,26-,27-,28-,29-,30-,31-/m0/s1. The van der Waals surface area contributed by atoms with Gasteiger partial charge >= 0.3 is 11.9 Å². The second-order valence-corrected chi connectivity index (χ2v) is 18.1. The smallest absolute Gasteiger partial charge is 0.326 e. The van der Waals surface area contributed by atoms with E-state index in [4.69, 9.17) is 34.4 Å². The summed E-state index contributed by atoms with van der Waals surface area (Å²) in [5, 5.41) is 59.8. The molecule has 10 atom stereocenters. The summed E-state index contributed by atoms with van der Waals surface area (Å²) in [6.45, 7) is -0.423. The quantitative estimate of drug-likeness (QED) is 0.0126. The fourth-order valence-electron chi connectivity index (χ4n) is 6.95. The van der Waals surface area contributed by atoms with Gasteiger partial charge in [-0.2, -0.15) is 12.6 Å². The topological polar surface area (TPSA) is 591 Å². The molecule has 26 N–H and O–H groups in total. The molecule has 0 bridgehead atoms. The van der Waals surface area contributed by atoms with Gasteiger partial charge in [0, 0.05) is 30.6 Å². The number of carbonyl (C=O) groups excluding carboxylic acids is 10. The van der Waals surface area contributed by atoms with E-state index in [2.05, 4.69) is 75.4 Å². The second-order valence-electron chi connectivity index (χ2n) is 17.8. The number of primary amides is 1. The van der Waals surface area contributed by atoms with Gasteiger partial charge in [0.25, 0.3) is 0 Å². The number of hydrogen-bond donors (Lipinski definition) is 21. The van der Waals surface area contributed by atoms with Gasteiger partial charge in [0.1, 0.15) is 54.4 Å². The zero-order valence-electron chi connectivity index (χ0n) is 43.4. The fraction of sp³-hybridized carbons (Fsp3) is 0.636. The molecule has 1 aromatic heterocycles. The molecule has 35 heteroatoms. The Morgan fingerprint density at radius 1 is 0.570 bits per heavy atom. The van der Waals surface area contributed by atoms with Crippen molar-refractivity contribution in [3.05, 3.63) is 18.2 Å². The van der Waals surface area contributed by atoms with Gasteiger partial charge in [-0.15, -0.1) is 0 Å². The van der Waals surface area contributed by atoms with Crippen molar-refractivity contribution >= 4 is 89.6 Å². The molecule has 0 radical (unpaired) electrons. The number of rotatable bonds is 40. The number of aromatic nitrogens is 2. The number of imidazole rings is 1. The number of nitrogens with two attached hydrogens (primary N) is 6. The number of carboxylic acid groups (broad SMARTS) is 2. The van der Waals surface area contributed by atoms with Crippen molar-refractivity contribution in [1.82, 2.24) is 57.8 Å². The fourth-order valence-corrected chi connectivity index (χ4v) is 7.21. The second kappa shape index (κ2) is 37.1. The number of aliphatic imine (C=N–C) groups is 1. The Morgan fingerprint density at radius 3 is 1.53 bits per heavy atom. The molecule has 0 aromatic carbocycles. The van der Waals surface area contributed by atoms with E-state index in [0.717, 1.165) is 6.92 Å². The van der Waals surface area contributed by atoms with Gasteiger partial charge in [0.05, 0.1) is 38.4 Å². The molecule has 0 unspecified atom stereocenters. The third-order valence-corrected chi connectivity index (χ3v) is 11.7. The first kappa shape index (κ1) is 69.3. The Kier molecular flexibility index (Phi) is 32.6. The maximum absolute atomic E-state index is 13.9. The number of nitrogens with zero attached hydrogens (tertiary/aromatic N) is 2. The Hall–Kier alpha value is -7.73. The number of thiol groups is 1. The number of aliphatic hydroxyl groups excluding tert-OH is 2. The van der Waals surface area contributed by atoms with Gasteiger partial charge in [0.2, 0.25) is 59.1 Å². The number of nitrogens with one attached hydrogen (secondary N) is 10. The van der Waals surface area contributed by atoms with Crippen LogP contribution in [-0.2, 0) is 64.0 Å². The lowest BCUT2D eigenvalue weighted by atomic mass is 10.1. The number of amides is 10. The molecular weight excluding hydrogens is 1070 g/mol. The molecule has 0 spiro atoms. The number of carboxylic acids is 2. The van der Waals surface area contributed by atoms with E-state index in [9.17, 15) is 78.0 Å². The van der Waals surface area contributed by atoms with Gasteiger partial charge in [-0.05, 0) is 65.0 Å².